The molecule has 0 fully saturated rings. The monoisotopic (exact) mass is 267 g/mol. The molecule has 1 aromatic rings. The summed E-state index contributed by atoms with van der Waals surface area (Å²) < 4.78 is 17.6. The number of carbonyl (C=O) groups excluding carboxylic acids is 1. The number of hydrogen-bond donors (Lipinski definition) is 1. The van der Waals surface area contributed by atoms with Crippen molar-refractivity contribution in [3.05, 3.63) is 41.4 Å². The highest BCUT2D eigenvalue weighted by atomic mass is 32.2. The second-order valence-electron chi connectivity index (χ2n) is 3.50. The number of rotatable bonds is 2. The van der Waals surface area contributed by atoms with Gasteiger partial charge < -0.3 is 9.84 Å². The zero-order valence-corrected chi connectivity index (χ0v) is 10.3. The van der Waals surface area contributed by atoms with Crippen molar-refractivity contribution in [2.24, 2.45) is 4.99 Å². The minimum atomic E-state index is -0.646. The Balaban J connectivity index is 2.37. The lowest BCUT2D eigenvalue weighted by molar-refractivity contribution is -0.135. The van der Waals surface area contributed by atoms with Gasteiger partial charge in [0.2, 0.25) is 0 Å². The molecule has 2 rings (SSSR count). The van der Waals surface area contributed by atoms with Crippen LogP contribution in [-0.4, -0.2) is 29.0 Å². The van der Waals surface area contributed by atoms with Crippen LogP contribution in [0, 0.1) is 5.82 Å². The molecule has 0 atom stereocenters. The van der Waals surface area contributed by atoms with Gasteiger partial charge in [0.1, 0.15) is 22.2 Å². The Kier molecular flexibility index (Phi) is 3.66. The smallest absolute Gasteiger partial charge is 0.344 e. The third-order valence-corrected chi connectivity index (χ3v) is 3.26. The van der Waals surface area contributed by atoms with E-state index in [9.17, 15) is 14.3 Å². The van der Waals surface area contributed by atoms with Gasteiger partial charge in [-0.2, -0.15) is 0 Å². The Morgan fingerprint density at radius 1 is 1.56 bits per heavy atom. The fourth-order valence-corrected chi connectivity index (χ4v) is 2.40. The predicted octanol–water partition coefficient (Wildman–Crippen LogP) is 2.59. The van der Waals surface area contributed by atoms with Crippen LogP contribution in [0.5, 0.6) is 0 Å². The van der Waals surface area contributed by atoms with Crippen molar-refractivity contribution in [1.82, 2.24) is 0 Å². The summed E-state index contributed by atoms with van der Waals surface area (Å²) in [5, 5.41) is 9.93. The van der Waals surface area contributed by atoms with Crippen LogP contribution in [0.15, 0.2) is 40.6 Å². The predicted molar refractivity (Wildman–Crippen MR) is 67.6 cm³/mol. The Bertz CT molecular complexity index is 554. The number of carbonyl (C=O) groups is 1. The molecule has 1 N–H and O–H groups in total. The molecule has 1 aliphatic heterocycles. The zero-order valence-electron chi connectivity index (χ0n) is 9.51. The number of halogens is 1. The topological polar surface area (TPSA) is 58.9 Å². The summed E-state index contributed by atoms with van der Waals surface area (Å²) >= 11 is 1.21. The summed E-state index contributed by atoms with van der Waals surface area (Å²) in [7, 11) is 1.23. The number of nitrogens with zero attached hydrogens (tertiary/aromatic N) is 1. The molecule has 1 aromatic carbocycles. The van der Waals surface area contributed by atoms with E-state index in [0.29, 0.717) is 10.7 Å². The van der Waals surface area contributed by atoms with Crippen molar-refractivity contribution in [3.63, 3.8) is 0 Å². The first-order valence-corrected chi connectivity index (χ1v) is 6.08. The van der Waals surface area contributed by atoms with Gasteiger partial charge in [-0.3, -0.25) is 0 Å². The van der Waals surface area contributed by atoms with Crippen molar-refractivity contribution in [2.75, 3.05) is 12.9 Å². The first kappa shape index (κ1) is 12.6. The van der Waals surface area contributed by atoms with Crippen LogP contribution < -0.4 is 0 Å². The minimum absolute atomic E-state index is 0.0479. The summed E-state index contributed by atoms with van der Waals surface area (Å²) in [5.74, 6) is -0.860. The lowest BCUT2D eigenvalue weighted by atomic mass is 10.2. The lowest BCUT2D eigenvalue weighted by Crippen LogP contribution is -2.10. The largest absolute Gasteiger partial charge is 0.510 e. The highest BCUT2D eigenvalue weighted by Gasteiger charge is 2.28. The Morgan fingerprint density at radius 2 is 2.33 bits per heavy atom. The van der Waals surface area contributed by atoms with Gasteiger partial charge in [-0.1, -0.05) is 17.8 Å². The van der Waals surface area contributed by atoms with Crippen molar-refractivity contribution in [3.8, 4) is 0 Å². The SMILES string of the molecule is COC(=O)C1=C(O)CSC1=Nc1cccc(F)c1. The van der Waals surface area contributed by atoms with Crippen LogP contribution in [-0.2, 0) is 9.53 Å². The number of benzene rings is 1. The first-order chi connectivity index (χ1) is 8.61. The van der Waals surface area contributed by atoms with Crippen molar-refractivity contribution in [1.29, 1.82) is 0 Å². The van der Waals surface area contributed by atoms with Crippen LogP contribution in [0.3, 0.4) is 0 Å². The normalized spacial score (nSPS) is 17.3. The molecule has 0 amide bonds. The fourth-order valence-electron chi connectivity index (χ4n) is 1.46. The van der Waals surface area contributed by atoms with Gasteiger partial charge in [0.15, 0.2) is 0 Å². The van der Waals surface area contributed by atoms with Gasteiger partial charge in [-0.25, -0.2) is 14.2 Å². The van der Waals surface area contributed by atoms with Crippen molar-refractivity contribution < 1.29 is 19.0 Å². The number of aliphatic hydroxyl groups is 1. The molecule has 0 spiro atoms. The van der Waals surface area contributed by atoms with E-state index in [1.54, 1.807) is 6.07 Å². The molecule has 0 unspecified atom stereocenters. The number of aliphatic imine (C=N–C) groups is 1. The number of methoxy groups -OCH3 is 1. The standard InChI is InChI=1S/C12H10FNO3S/c1-17-12(16)10-9(15)6-18-11(10)14-8-4-2-3-7(13)5-8/h2-5,15H,6H2,1H3. The number of hydrogen-bond acceptors (Lipinski definition) is 5. The van der Waals surface area contributed by atoms with E-state index < -0.39 is 11.8 Å². The van der Waals surface area contributed by atoms with Crippen LogP contribution in [0.25, 0.3) is 0 Å². The number of aliphatic hydroxyl groups excluding tert-OH is 1. The Labute approximate surface area is 107 Å². The molecule has 94 valence electrons. The van der Waals surface area contributed by atoms with E-state index >= 15 is 0 Å². The Hall–Kier alpha value is -1.82. The maximum Gasteiger partial charge on any atom is 0.344 e. The van der Waals surface area contributed by atoms with Gasteiger partial charge in [-0.05, 0) is 18.2 Å². The van der Waals surface area contributed by atoms with E-state index in [-0.39, 0.29) is 17.1 Å². The van der Waals surface area contributed by atoms with Crippen LogP contribution in [0.4, 0.5) is 10.1 Å². The van der Waals surface area contributed by atoms with Crippen LogP contribution in [0.1, 0.15) is 0 Å². The maximum absolute atomic E-state index is 13.0. The molecule has 4 nitrogen and oxygen atoms in total. The van der Waals surface area contributed by atoms with Gasteiger partial charge in [-0.15, -0.1) is 0 Å². The summed E-state index contributed by atoms with van der Waals surface area (Å²) in [6, 6.07) is 5.69. The molecular formula is C12H10FNO3S. The molecule has 0 saturated heterocycles. The van der Waals surface area contributed by atoms with E-state index in [1.807, 2.05) is 0 Å². The van der Waals surface area contributed by atoms with Crippen LogP contribution in [0.2, 0.25) is 0 Å². The number of ether oxygens (including phenoxy) is 1. The highest BCUT2D eigenvalue weighted by molar-refractivity contribution is 8.15. The summed E-state index contributed by atoms with van der Waals surface area (Å²) in [4.78, 5) is 15.6. The van der Waals surface area contributed by atoms with Gasteiger partial charge in [0, 0.05) is 0 Å². The first-order valence-electron chi connectivity index (χ1n) is 5.09. The van der Waals surface area contributed by atoms with Gasteiger partial charge in [0.05, 0.1) is 18.6 Å². The average Bonchev–Trinajstić information content (AvgIpc) is 2.70. The molecule has 0 aromatic heterocycles. The third-order valence-electron chi connectivity index (χ3n) is 2.28. The van der Waals surface area contributed by atoms with Gasteiger partial charge in [0.25, 0.3) is 0 Å². The molecule has 0 saturated carbocycles. The van der Waals surface area contributed by atoms with E-state index in [1.165, 1.54) is 37.1 Å². The van der Waals surface area contributed by atoms with Crippen molar-refractivity contribution >= 4 is 28.5 Å². The fraction of sp³-hybridized carbons (Fsp3) is 0.167. The molecule has 1 heterocycles. The molecule has 0 bridgehead atoms. The molecule has 18 heavy (non-hydrogen) atoms. The molecule has 0 aliphatic carbocycles. The quantitative estimate of drug-likeness (QED) is 0.837. The molecular weight excluding hydrogens is 257 g/mol. The third kappa shape index (κ3) is 2.53. The van der Waals surface area contributed by atoms with E-state index in [4.69, 9.17) is 0 Å². The molecule has 0 radical (unpaired) electrons. The summed E-state index contributed by atoms with van der Waals surface area (Å²) in [6.07, 6.45) is 0. The lowest BCUT2D eigenvalue weighted by Gasteiger charge is -2.02. The summed E-state index contributed by atoms with van der Waals surface area (Å²) in [6.45, 7) is 0. The number of thioether (sulfide) groups is 1. The Morgan fingerprint density at radius 3 is 3.00 bits per heavy atom. The average molecular weight is 267 g/mol. The second-order valence-corrected chi connectivity index (χ2v) is 4.46. The van der Waals surface area contributed by atoms with Crippen molar-refractivity contribution in [2.45, 2.75) is 0 Å². The maximum atomic E-state index is 13.0. The zero-order chi connectivity index (χ0) is 13.1. The number of esters is 1. The molecule has 6 heteroatoms. The van der Waals surface area contributed by atoms with E-state index in [0.717, 1.165) is 0 Å². The second kappa shape index (κ2) is 5.22. The molecule has 1 aliphatic rings. The van der Waals surface area contributed by atoms with E-state index in [2.05, 4.69) is 9.73 Å². The van der Waals surface area contributed by atoms with Gasteiger partial charge >= 0.3 is 5.97 Å². The summed E-state index contributed by atoms with van der Waals surface area (Å²) in [5.41, 5.74) is 0.431. The highest BCUT2D eigenvalue weighted by Crippen LogP contribution is 2.29. The van der Waals surface area contributed by atoms with Crippen LogP contribution >= 0.6 is 11.8 Å². The minimum Gasteiger partial charge on any atom is -0.510 e.